The standard InChI is InChI=1S/C34H40O3S/c1-4-32(2,3)31(35)37-34-22-25-19-26(23-34)21-33(20-25,24-34)36-27-15-17-30(18-16-27)38(28-11-7-5-8-12-28)29-13-9-6-10-14-29/h5-18,25-26,38H,4,19-24H2,1-3H3. The summed E-state index contributed by atoms with van der Waals surface area (Å²) in [6, 6.07) is 30.4. The van der Waals surface area contributed by atoms with Crippen LogP contribution in [0.4, 0.5) is 0 Å². The number of hydrogen-bond donors (Lipinski definition) is 1. The molecule has 0 N–H and O–H groups in total. The lowest BCUT2D eigenvalue weighted by Gasteiger charge is -2.60. The molecule has 4 saturated carbocycles. The summed E-state index contributed by atoms with van der Waals surface area (Å²) in [5.41, 5.74) is -1.03. The largest absolute Gasteiger partial charge is 0.487 e. The first kappa shape index (κ1) is 25.6. The van der Waals surface area contributed by atoms with Crippen LogP contribution < -0.4 is 4.74 Å². The molecular weight excluding hydrogens is 488 g/mol. The van der Waals surface area contributed by atoms with Gasteiger partial charge in [0.1, 0.15) is 17.0 Å². The van der Waals surface area contributed by atoms with Crippen molar-refractivity contribution in [1.29, 1.82) is 0 Å². The Morgan fingerprint density at radius 1 is 0.789 bits per heavy atom. The summed E-state index contributed by atoms with van der Waals surface area (Å²) in [5.74, 6) is 2.05. The molecule has 200 valence electrons. The summed E-state index contributed by atoms with van der Waals surface area (Å²) < 4.78 is 13.3. The van der Waals surface area contributed by atoms with Gasteiger partial charge in [-0.1, -0.05) is 43.3 Å². The quantitative estimate of drug-likeness (QED) is 0.235. The molecule has 38 heavy (non-hydrogen) atoms. The van der Waals surface area contributed by atoms with Gasteiger partial charge in [-0.3, -0.25) is 4.79 Å². The first-order valence-electron chi connectivity index (χ1n) is 14.2. The van der Waals surface area contributed by atoms with Gasteiger partial charge in [0, 0.05) is 6.42 Å². The van der Waals surface area contributed by atoms with E-state index in [2.05, 4.69) is 91.9 Å². The monoisotopic (exact) mass is 528 g/mol. The van der Waals surface area contributed by atoms with Gasteiger partial charge >= 0.3 is 5.97 Å². The first-order chi connectivity index (χ1) is 18.3. The van der Waals surface area contributed by atoms with Gasteiger partial charge < -0.3 is 9.47 Å². The molecule has 4 fully saturated rings. The summed E-state index contributed by atoms with van der Waals surface area (Å²) in [6.45, 7) is 6.07. The molecule has 7 rings (SSSR count). The summed E-state index contributed by atoms with van der Waals surface area (Å²) in [5, 5.41) is 0. The van der Waals surface area contributed by atoms with Crippen molar-refractivity contribution >= 4 is 16.9 Å². The van der Waals surface area contributed by atoms with E-state index in [9.17, 15) is 4.79 Å². The van der Waals surface area contributed by atoms with Gasteiger partial charge in [0.2, 0.25) is 0 Å². The number of rotatable bonds is 8. The lowest BCUT2D eigenvalue weighted by atomic mass is 9.52. The van der Waals surface area contributed by atoms with Crippen LogP contribution in [0.3, 0.4) is 0 Å². The van der Waals surface area contributed by atoms with Crippen LogP contribution in [-0.4, -0.2) is 17.2 Å². The van der Waals surface area contributed by atoms with E-state index in [1.807, 2.05) is 13.8 Å². The fourth-order valence-corrected chi connectivity index (χ4v) is 9.61. The fourth-order valence-electron chi connectivity index (χ4n) is 7.33. The Labute approximate surface area is 230 Å². The molecular formula is C34H40O3S. The van der Waals surface area contributed by atoms with E-state index in [1.54, 1.807) is 0 Å². The van der Waals surface area contributed by atoms with E-state index in [0.717, 1.165) is 44.3 Å². The number of ether oxygens (including phenoxy) is 2. The molecule has 0 amide bonds. The number of carbonyl (C=O) groups is 1. The predicted octanol–water partition coefficient (Wildman–Crippen LogP) is 8.61. The third kappa shape index (κ3) is 4.88. The second-order valence-corrected chi connectivity index (χ2v) is 14.8. The van der Waals surface area contributed by atoms with Gasteiger partial charge in [-0.15, -0.1) is 0 Å². The topological polar surface area (TPSA) is 35.5 Å². The van der Waals surface area contributed by atoms with Gasteiger partial charge in [-0.2, -0.15) is 10.9 Å². The lowest BCUT2D eigenvalue weighted by Crippen LogP contribution is -2.63. The van der Waals surface area contributed by atoms with Crippen molar-refractivity contribution in [3.05, 3.63) is 84.9 Å². The van der Waals surface area contributed by atoms with Crippen LogP contribution in [0, 0.1) is 17.3 Å². The Kier molecular flexibility index (Phi) is 6.58. The molecule has 4 aliphatic rings. The molecule has 3 aromatic carbocycles. The maximum Gasteiger partial charge on any atom is 0.312 e. The number of thiol groups is 1. The number of benzene rings is 3. The zero-order valence-corrected chi connectivity index (χ0v) is 23.8. The van der Waals surface area contributed by atoms with Crippen LogP contribution in [0.15, 0.2) is 99.6 Å². The second kappa shape index (κ2) is 9.79. The van der Waals surface area contributed by atoms with Gasteiger partial charge in [-0.25, -0.2) is 0 Å². The summed E-state index contributed by atoms with van der Waals surface area (Å²) in [7, 11) is -0.635. The second-order valence-electron chi connectivity index (χ2n) is 12.6. The lowest BCUT2D eigenvalue weighted by molar-refractivity contribution is -0.219. The Hall–Kier alpha value is -2.72. The van der Waals surface area contributed by atoms with Crippen LogP contribution >= 0.6 is 10.9 Å². The molecule has 2 atom stereocenters. The third-order valence-corrected chi connectivity index (χ3v) is 11.6. The molecule has 0 spiro atoms. The Bertz CT molecular complexity index is 1210. The maximum atomic E-state index is 13.1. The zero-order valence-electron chi connectivity index (χ0n) is 22.9. The SMILES string of the molecule is CCC(C)(C)C(=O)OC12CC3CC(C1)CC(Oc1ccc([SH](c4ccccc4)c4ccccc4)cc1)(C3)C2. The van der Waals surface area contributed by atoms with Crippen LogP contribution in [-0.2, 0) is 9.53 Å². The van der Waals surface area contributed by atoms with Crippen molar-refractivity contribution in [1.82, 2.24) is 0 Å². The van der Waals surface area contributed by atoms with Crippen molar-refractivity contribution in [2.75, 3.05) is 0 Å². The molecule has 4 bridgehead atoms. The minimum atomic E-state index is -0.635. The molecule has 0 aromatic heterocycles. The molecule has 0 aliphatic heterocycles. The van der Waals surface area contributed by atoms with E-state index >= 15 is 0 Å². The van der Waals surface area contributed by atoms with Crippen LogP contribution in [0.2, 0.25) is 0 Å². The van der Waals surface area contributed by atoms with Crippen LogP contribution in [0.25, 0.3) is 0 Å². The normalized spacial score (nSPS) is 28.1. The molecule has 4 heteroatoms. The van der Waals surface area contributed by atoms with Crippen molar-refractivity contribution in [2.45, 2.75) is 91.6 Å². The highest BCUT2D eigenvalue weighted by Gasteiger charge is 2.61. The van der Waals surface area contributed by atoms with Gasteiger partial charge in [0.25, 0.3) is 0 Å². The van der Waals surface area contributed by atoms with Crippen LogP contribution in [0.1, 0.15) is 65.7 Å². The summed E-state index contributed by atoms with van der Waals surface area (Å²) in [6.07, 6.45) is 7.00. The van der Waals surface area contributed by atoms with Crippen molar-refractivity contribution < 1.29 is 14.3 Å². The summed E-state index contributed by atoms with van der Waals surface area (Å²) in [4.78, 5) is 17.1. The molecule has 3 nitrogen and oxygen atoms in total. The fraction of sp³-hybridized carbons (Fsp3) is 0.441. The minimum absolute atomic E-state index is 0.0448. The number of carbonyl (C=O) groups excluding carboxylic acids is 1. The van der Waals surface area contributed by atoms with Crippen molar-refractivity contribution in [2.24, 2.45) is 17.3 Å². The molecule has 0 heterocycles. The number of hydrogen-bond acceptors (Lipinski definition) is 3. The Balaban J connectivity index is 1.24. The Morgan fingerprint density at radius 3 is 1.82 bits per heavy atom. The van der Waals surface area contributed by atoms with Gasteiger partial charge in [0.15, 0.2) is 0 Å². The average Bonchev–Trinajstić information content (AvgIpc) is 2.90. The highest BCUT2D eigenvalue weighted by Crippen LogP contribution is 2.60. The van der Waals surface area contributed by atoms with Crippen LogP contribution in [0.5, 0.6) is 5.75 Å². The summed E-state index contributed by atoms with van der Waals surface area (Å²) >= 11 is 0. The average molecular weight is 529 g/mol. The van der Waals surface area contributed by atoms with Crippen molar-refractivity contribution in [3.8, 4) is 5.75 Å². The highest BCUT2D eigenvalue weighted by molar-refractivity contribution is 8.17. The molecule has 2 unspecified atom stereocenters. The van der Waals surface area contributed by atoms with E-state index < -0.39 is 16.3 Å². The van der Waals surface area contributed by atoms with Crippen molar-refractivity contribution in [3.63, 3.8) is 0 Å². The van der Waals surface area contributed by atoms with Gasteiger partial charge in [0.05, 0.1) is 5.41 Å². The smallest absolute Gasteiger partial charge is 0.312 e. The molecule has 3 aromatic rings. The molecule has 4 aliphatic carbocycles. The third-order valence-electron chi connectivity index (χ3n) is 9.16. The van der Waals surface area contributed by atoms with Gasteiger partial charge in [-0.05, 0) is 127 Å². The minimum Gasteiger partial charge on any atom is -0.487 e. The maximum absolute atomic E-state index is 13.1. The number of esters is 1. The van der Waals surface area contributed by atoms with E-state index in [-0.39, 0.29) is 17.2 Å². The van der Waals surface area contributed by atoms with E-state index in [0.29, 0.717) is 11.8 Å². The zero-order chi connectivity index (χ0) is 26.4. The first-order valence-corrected chi connectivity index (χ1v) is 15.6. The highest BCUT2D eigenvalue weighted by atomic mass is 32.2. The van der Waals surface area contributed by atoms with E-state index in [1.165, 1.54) is 21.1 Å². The Morgan fingerprint density at radius 2 is 1.29 bits per heavy atom. The molecule has 0 saturated heterocycles. The molecule has 0 radical (unpaired) electrons. The van der Waals surface area contributed by atoms with E-state index in [4.69, 9.17) is 9.47 Å². The predicted molar refractivity (Wildman–Crippen MR) is 154 cm³/mol.